The zero-order valence-corrected chi connectivity index (χ0v) is 36.8. The van der Waals surface area contributed by atoms with Gasteiger partial charge in [0.25, 0.3) is 0 Å². The molecule has 4 aromatic rings. The number of nitrogens with zero attached hydrogens (tertiary/aromatic N) is 3. The van der Waals surface area contributed by atoms with E-state index in [1.807, 2.05) is 10.6 Å². The van der Waals surface area contributed by atoms with Crippen molar-refractivity contribution in [1.29, 1.82) is 0 Å². The van der Waals surface area contributed by atoms with Crippen LogP contribution in [0.5, 0.6) is 5.75 Å². The van der Waals surface area contributed by atoms with Crippen LogP contribution in [0.25, 0.3) is 22.0 Å². The van der Waals surface area contributed by atoms with Gasteiger partial charge in [-0.25, -0.2) is 18.4 Å². The van der Waals surface area contributed by atoms with E-state index in [1.54, 1.807) is 82.1 Å². The number of rotatable bonds is 16. The summed E-state index contributed by atoms with van der Waals surface area (Å²) >= 11 is 0. The quantitative estimate of drug-likeness (QED) is 0.0542. The number of hydrogen-bond donors (Lipinski definition) is 1. The molecule has 6 rings (SSSR count). The van der Waals surface area contributed by atoms with E-state index in [9.17, 15) is 33.2 Å². The van der Waals surface area contributed by atoms with Gasteiger partial charge in [0.1, 0.15) is 23.1 Å². The predicted molar refractivity (Wildman–Crippen MR) is 232 cm³/mol. The number of fused-ring (bicyclic) bond motifs is 1. The third-order valence-electron chi connectivity index (χ3n) is 10.9. The second-order valence-electron chi connectivity index (χ2n) is 16.9. The molecular formula is C47H54F2N4O11. The van der Waals surface area contributed by atoms with Crippen LogP contribution in [-0.4, -0.2) is 97.2 Å². The van der Waals surface area contributed by atoms with Crippen LogP contribution in [0.3, 0.4) is 0 Å². The van der Waals surface area contributed by atoms with Crippen LogP contribution >= 0.6 is 0 Å². The van der Waals surface area contributed by atoms with Crippen LogP contribution in [0.1, 0.15) is 84.2 Å². The maximum absolute atomic E-state index is 15.7. The number of benzene rings is 3. The average Bonchev–Trinajstić information content (AvgIpc) is 4.10. The predicted octanol–water partition coefficient (Wildman–Crippen LogP) is 6.78. The Morgan fingerprint density at radius 1 is 0.906 bits per heavy atom. The Bertz CT molecular complexity index is 2430. The molecule has 1 aromatic heterocycles. The Kier molecular flexibility index (Phi) is 14.9. The summed E-state index contributed by atoms with van der Waals surface area (Å²) in [6, 6.07) is 14.5. The van der Waals surface area contributed by atoms with Gasteiger partial charge in [-0.15, -0.1) is 0 Å². The van der Waals surface area contributed by atoms with E-state index in [2.05, 4.69) is 5.32 Å². The van der Waals surface area contributed by atoms with Crippen LogP contribution in [0.15, 0.2) is 71.7 Å². The monoisotopic (exact) mass is 888 g/mol. The highest BCUT2D eigenvalue weighted by Crippen LogP contribution is 2.43. The van der Waals surface area contributed by atoms with Crippen LogP contribution in [0.4, 0.5) is 19.3 Å². The van der Waals surface area contributed by atoms with E-state index >= 15 is 4.39 Å². The molecule has 0 radical (unpaired) electrons. The molecule has 2 amide bonds. The Morgan fingerprint density at radius 2 is 1.64 bits per heavy atom. The van der Waals surface area contributed by atoms with Gasteiger partial charge in [-0.05, 0) is 77.1 Å². The van der Waals surface area contributed by atoms with Crippen molar-refractivity contribution in [2.24, 2.45) is 0 Å². The second-order valence-corrected chi connectivity index (χ2v) is 16.9. The topological polar surface area (TPSA) is 172 Å². The molecule has 3 unspecified atom stereocenters. The highest BCUT2D eigenvalue weighted by Gasteiger charge is 2.35. The Balaban J connectivity index is 0.966. The van der Waals surface area contributed by atoms with Gasteiger partial charge >= 0.3 is 24.0 Å². The van der Waals surface area contributed by atoms with E-state index < -0.39 is 78.4 Å². The number of piperazine rings is 1. The number of halogens is 2. The minimum absolute atomic E-state index is 0.0765. The van der Waals surface area contributed by atoms with E-state index in [0.29, 0.717) is 22.2 Å². The Hall–Kier alpha value is -6.52. The molecule has 1 aliphatic carbocycles. The highest BCUT2D eigenvalue weighted by atomic mass is 19.1. The number of aromatic nitrogens is 1. The number of anilines is 1. The van der Waals surface area contributed by atoms with Crippen molar-refractivity contribution < 1.29 is 56.4 Å². The minimum Gasteiger partial charge on any atom is -0.492 e. The van der Waals surface area contributed by atoms with Crippen LogP contribution in [0, 0.1) is 11.6 Å². The Morgan fingerprint density at radius 3 is 2.30 bits per heavy atom. The number of nitrogens with one attached hydrogen (secondary N) is 1. The fourth-order valence-corrected chi connectivity index (χ4v) is 7.55. The summed E-state index contributed by atoms with van der Waals surface area (Å²) in [6.07, 6.45) is 2.03. The number of carbonyl (C=O) groups is 5. The number of methoxy groups -OCH3 is 1. The van der Waals surface area contributed by atoms with E-state index in [4.69, 9.17) is 23.7 Å². The smallest absolute Gasteiger partial charge is 0.413 e. The Labute approximate surface area is 369 Å². The molecule has 3 atom stereocenters. The van der Waals surface area contributed by atoms with Gasteiger partial charge < -0.3 is 43.4 Å². The molecule has 2 aliphatic rings. The molecule has 1 N–H and O–H groups in total. The molecule has 0 bridgehead atoms. The molecule has 64 heavy (non-hydrogen) atoms. The molecule has 2 heterocycles. The molecule has 17 heteroatoms. The van der Waals surface area contributed by atoms with Gasteiger partial charge in [-0.1, -0.05) is 42.5 Å². The van der Waals surface area contributed by atoms with Gasteiger partial charge in [-0.3, -0.25) is 19.2 Å². The zero-order chi connectivity index (χ0) is 46.3. The number of hydrogen-bond acceptors (Lipinski definition) is 12. The van der Waals surface area contributed by atoms with Gasteiger partial charge in [0.05, 0.1) is 37.0 Å². The van der Waals surface area contributed by atoms with Gasteiger partial charge in [0, 0.05) is 56.0 Å². The summed E-state index contributed by atoms with van der Waals surface area (Å²) in [5.41, 5.74) is 0.956. The molecule has 1 aliphatic heterocycles. The number of amides is 2. The van der Waals surface area contributed by atoms with Gasteiger partial charge in [-0.2, -0.15) is 0 Å². The van der Waals surface area contributed by atoms with Crippen molar-refractivity contribution in [3.8, 4) is 16.9 Å². The summed E-state index contributed by atoms with van der Waals surface area (Å²) in [4.78, 5) is 80.6. The molecule has 2 fully saturated rings. The standard InChI is InChI=1S/C47H54F2N4O11/c1-28-26-51(42-36(49)24-34-38(54)18-19-53(32-15-16-32)41(34)43(42)60-6)20-21-52(28)46(59)63-27-62-40(56)25-37(45(58)64-47(3,4)5)50-39(55)13-10-22-61-44(57)29(2)31-14-17-33(35(48)23-31)30-11-8-7-9-12-30/h7-9,11-12,14,17-19,23-24,28-29,32,37H,10,13,15-16,20-22,25-27H2,1-6H3,(H,50,55). The third-order valence-corrected chi connectivity index (χ3v) is 10.9. The van der Waals surface area contributed by atoms with E-state index in [-0.39, 0.29) is 67.4 Å². The fourth-order valence-electron chi connectivity index (χ4n) is 7.55. The molecular weight excluding hydrogens is 835 g/mol. The van der Waals surface area contributed by atoms with Crippen LogP contribution in [0.2, 0.25) is 0 Å². The number of carbonyl (C=O) groups excluding carboxylic acids is 5. The normalized spacial score (nSPS) is 16.1. The first-order valence-electron chi connectivity index (χ1n) is 21.2. The first-order chi connectivity index (χ1) is 30.4. The van der Waals surface area contributed by atoms with Crippen LogP contribution < -0.4 is 20.4 Å². The largest absolute Gasteiger partial charge is 0.492 e. The van der Waals surface area contributed by atoms with Crippen molar-refractivity contribution in [1.82, 2.24) is 14.8 Å². The van der Waals surface area contributed by atoms with Crippen molar-refractivity contribution in [2.45, 2.75) is 96.4 Å². The maximum Gasteiger partial charge on any atom is 0.413 e. The average molecular weight is 889 g/mol. The SMILES string of the molecule is COc1c(N2CCN(C(=O)OCOC(=O)CC(NC(=O)CCCOC(=O)C(C)c3ccc(-c4ccccc4)c(F)c3)C(=O)OC(C)(C)C)C(C)C2)c(F)cc2c(=O)ccn(C3CC3)c12. The molecule has 15 nitrogen and oxygen atoms in total. The van der Waals surface area contributed by atoms with E-state index in [1.165, 1.54) is 30.2 Å². The fraction of sp³-hybridized carbons (Fsp3) is 0.447. The summed E-state index contributed by atoms with van der Waals surface area (Å²) in [5.74, 6) is -4.77. The lowest BCUT2D eigenvalue weighted by atomic mass is 9.97. The van der Waals surface area contributed by atoms with Crippen molar-refractivity contribution >= 4 is 46.5 Å². The van der Waals surface area contributed by atoms with Gasteiger partial charge in [0.2, 0.25) is 12.7 Å². The lowest BCUT2D eigenvalue weighted by Gasteiger charge is -2.40. The van der Waals surface area contributed by atoms with Crippen molar-refractivity contribution in [3.05, 3.63) is 94.3 Å². The first-order valence-corrected chi connectivity index (χ1v) is 21.2. The molecule has 3 aromatic carbocycles. The number of ether oxygens (including phenoxy) is 5. The second kappa shape index (κ2) is 20.3. The molecule has 1 saturated heterocycles. The van der Waals surface area contributed by atoms with Crippen molar-refractivity contribution in [2.75, 3.05) is 45.0 Å². The van der Waals surface area contributed by atoms with Crippen LogP contribution in [-0.2, 0) is 38.1 Å². The van der Waals surface area contributed by atoms with Crippen molar-refractivity contribution in [3.63, 3.8) is 0 Å². The molecule has 1 saturated carbocycles. The lowest BCUT2D eigenvalue weighted by molar-refractivity contribution is -0.164. The first kappa shape index (κ1) is 47.0. The van der Waals surface area contributed by atoms with Gasteiger partial charge in [0.15, 0.2) is 17.0 Å². The lowest BCUT2D eigenvalue weighted by Crippen LogP contribution is -2.54. The number of pyridine rings is 1. The number of esters is 3. The molecule has 342 valence electrons. The summed E-state index contributed by atoms with van der Waals surface area (Å²) in [5, 5.41) is 2.70. The zero-order valence-electron chi connectivity index (χ0n) is 36.8. The van der Waals surface area contributed by atoms with E-state index in [0.717, 1.165) is 12.8 Å². The third kappa shape index (κ3) is 11.5. The molecule has 0 spiro atoms. The maximum atomic E-state index is 15.7. The minimum atomic E-state index is -1.45. The summed E-state index contributed by atoms with van der Waals surface area (Å²) in [6.45, 7) is 7.76. The summed E-state index contributed by atoms with van der Waals surface area (Å²) in [7, 11) is 1.43. The highest BCUT2D eigenvalue weighted by molar-refractivity contribution is 5.92. The summed E-state index contributed by atoms with van der Waals surface area (Å²) < 4.78 is 59.4.